The number of nitrogens with zero attached hydrogens (tertiary/aromatic N) is 3. The fraction of sp³-hybridized carbons (Fsp3) is 0.462. The fourth-order valence-corrected chi connectivity index (χ4v) is 2.70. The van der Waals surface area contributed by atoms with Crippen molar-refractivity contribution >= 4 is 0 Å². The summed E-state index contributed by atoms with van der Waals surface area (Å²) in [5.74, 6) is 1.16. The molecular formula is C13H16N4O2. The highest BCUT2D eigenvalue weighted by molar-refractivity contribution is 5.65. The quantitative estimate of drug-likeness (QED) is 0.873. The van der Waals surface area contributed by atoms with Gasteiger partial charge in [0.2, 0.25) is 5.88 Å². The predicted octanol–water partition coefficient (Wildman–Crippen LogP) is 0.976. The van der Waals surface area contributed by atoms with Crippen LogP contribution in [0.15, 0.2) is 4.79 Å². The highest BCUT2D eigenvalue weighted by Crippen LogP contribution is 2.30. The average molecular weight is 260 g/mol. The van der Waals surface area contributed by atoms with Crippen molar-refractivity contribution in [3.63, 3.8) is 0 Å². The molecule has 100 valence electrons. The summed E-state index contributed by atoms with van der Waals surface area (Å²) in [6, 6.07) is 0. The van der Waals surface area contributed by atoms with E-state index in [1.165, 1.54) is 0 Å². The fourth-order valence-electron chi connectivity index (χ4n) is 2.70. The lowest BCUT2D eigenvalue weighted by atomic mass is 10.2. The van der Waals surface area contributed by atoms with Gasteiger partial charge in [0.05, 0.1) is 18.5 Å². The van der Waals surface area contributed by atoms with Crippen LogP contribution in [0.25, 0.3) is 11.4 Å². The molecule has 0 aliphatic heterocycles. The molecule has 0 saturated carbocycles. The Morgan fingerprint density at radius 3 is 2.89 bits per heavy atom. The summed E-state index contributed by atoms with van der Waals surface area (Å²) in [5.41, 5.74) is 3.24. The second-order valence-corrected chi connectivity index (χ2v) is 4.79. The van der Waals surface area contributed by atoms with Crippen LogP contribution in [0.4, 0.5) is 0 Å². The van der Waals surface area contributed by atoms with E-state index in [1.807, 2.05) is 6.92 Å². The summed E-state index contributed by atoms with van der Waals surface area (Å²) >= 11 is 0. The van der Waals surface area contributed by atoms with E-state index in [4.69, 9.17) is 4.74 Å². The molecule has 2 heterocycles. The van der Waals surface area contributed by atoms with Crippen molar-refractivity contribution in [1.82, 2.24) is 19.7 Å². The normalized spacial score (nSPS) is 13.6. The van der Waals surface area contributed by atoms with Crippen molar-refractivity contribution in [2.24, 2.45) is 7.05 Å². The van der Waals surface area contributed by atoms with Crippen molar-refractivity contribution in [3.05, 3.63) is 27.3 Å². The predicted molar refractivity (Wildman–Crippen MR) is 70.4 cm³/mol. The Balaban J connectivity index is 2.23. The molecule has 0 radical (unpaired) electrons. The molecule has 2 aromatic rings. The minimum Gasteiger partial charge on any atom is -0.481 e. The molecule has 3 rings (SSSR count). The van der Waals surface area contributed by atoms with Crippen LogP contribution in [0.3, 0.4) is 0 Å². The second kappa shape index (κ2) is 4.22. The number of hydrogen-bond donors (Lipinski definition) is 1. The maximum Gasteiger partial charge on any atom is 0.254 e. The topological polar surface area (TPSA) is 72.8 Å². The minimum absolute atomic E-state index is 0.0391. The van der Waals surface area contributed by atoms with Gasteiger partial charge in [-0.25, -0.2) is 9.67 Å². The highest BCUT2D eigenvalue weighted by Gasteiger charge is 2.22. The number of ether oxygens (including phenoxy) is 1. The zero-order valence-corrected chi connectivity index (χ0v) is 11.3. The lowest BCUT2D eigenvalue weighted by Crippen LogP contribution is -2.15. The first-order valence-electron chi connectivity index (χ1n) is 6.32. The zero-order valence-electron chi connectivity index (χ0n) is 11.3. The largest absolute Gasteiger partial charge is 0.481 e. The standard InChI is InChI=1S/C13H16N4O2/c1-7-10(13(19-3)17(2)16-7)11-14-9-6-4-5-8(9)12(18)15-11/h4-6H2,1-3H3,(H,14,15,18). The zero-order chi connectivity index (χ0) is 13.6. The Bertz CT molecular complexity index is 699. The van der Waals surface area contributed by atoms with E-state index in [0.29, 0.717) is 11.7 Å². The second-order valence-electron chi connectivity index (χ2n) is 4.79. The number of aromatic nitrogens is 4. The molecule has 0 bridgehead atoms. The minimum atomic E-state index is -0.0391. The first kappa shape index (κ1) is 12.0. The van der Waals surface area contributed by atoms with Crippen molar-refractivity contribution in [1.29, 1.82) is 0 Å². The van der Waals surface area contributed by atoms with Gasteiger partial charge in [-0.1, -0.05) is 0 Å². The van der Waals surface area contributed by atoms with Crippen molar-refractivity contribution in [2.45, 2.75) is 26.2 Å². The molecule has 0 aromatic carbocycles. The Morgan fingerprint density at radius 2 is 2.16 bits per heavy atom. The average Bonchev–Trinajstić information content (AvgIpc) is 2.93. The molecule has 0 amide bonds. The third kappa shape index (κ3) is 1.75. The van der Waals surface area contributed by atoms with Crippen LogP contribution in [-0.4, -0.2) is 26.9 Å². The Labute approximate surface area is 110 Å². The van der Waals surface area contributed by atoms with Gasteiger partial charge in [-0.15, -0.1) is 0 Å². The smallest absolute Gasteiger partial charge is 0.254 e. The van der Waals surface area contributed by atoms with E-state index in [-0.39, 0.29) is 5.56 Å². The summed E-state index contributed by atoms with van der Waals surface area (Å²) in [5, 5.41) is 4.31. The SMILES string of the molecule is COc1c(-c2nc3c(c(=O)[nH]2)CCC3)c(C)nn1C. The number of nitrogens with one attached hydrogen (secondary N) is 1. The first-order chi connectivity index (χ1) is 9.11. The van der Waals surface area contributed by atoms with Gasteiger partial charge in [0, 0.05) is 12.6 Å². The molecule has 19 heavy (non-hydrogen) atoms. The van der Waals surface area contributed by atoms with E-state index in [0.717, 1.165) is 41.8 Å². The van der Waals surface area contributed by atoms with Crippen molar-refractivity contribution in [3.8, 4) is 17.3 Å². The summed E-state index contributed by atoms with van der Waals surface area (Å²) in [6.45, 7) is 1.88. The molecule has 6 nitrogen and oxygen atoms in total. The van der Waals surface area contributed by atoms with Gasteiger partial charge in [0.15, 0.2) is 0 Å². The Hall–Kier alpha value is -2.11. The summed E-state index contributed by atoms with van der Waals surface area (Å²) in [6.07, 6.45) is 2.69. The summed E-state index contributed by atoms with van der Waals surface area (Å²) in [4.78, 5) is 19.5. The first-order valence-corrected chi connectivity index (χ1v) is 6.32. The molecular weight excluding hydrogens is 244 g/mol. The third-order valence-electron chi connectivity index (χ3n) is 3.54. The number of rotatable bonds is 2. The van der Waals surface area contributed by atoms with Gasteiger partial charge >= 0.3 is 0 Å². The Kier molecular flexibility index (Phi) is 2.66. The van der Waals surface area contributed by atoms with Crippen LogP contribution in [0.5, 0.6) is 5.88 Å². The molecule has 1 aliphatic carbocycles. The molecule has 0 spiro atoms. The molecule has 0 saturated heterocycles. The van der Waals surface area contributed by atoms with Gasteiger partial charge in [0.1, 0.15) is 11.4 Å². The molecule has 0 atom stereocenters. The van der Waals surface area contributed by atoms with E-state index in [9.17, 15) is 4.79 Å². The number of H-pyrrole nitrogens is 1. The maximum absolute atomic E-state index is 12.1. The lowest BCUT2D eigenvalue weighted by Gasteiger charge is -2.06. The van der Waals surface area contributed by atoms with E-state index < -0.39 is 0 Å². The van der Waals surface area contributed by atoms with Crippen LogP contribution < -0.4 is 10.3 Å². The molecule has 1 N–H and O–H groups in total. The monoisotopic (exact) mass is 260 g/mol. The van der Waals surface area contributed by atoms with Crippen molar-refractivity contribution in [2.75, 3.05) is 7.11 Å². The van der Waals surface area contributed by atoms with Gasteiger partial charge < -0.3 is 9.72 Å². The van der Waals surface area contributed by atoms with Crippen LogP contribution in [-0.2, 0) is 19.9 Å². The molecule has 0 fully saturated rings. The van der Waals surface area contributed by atoms with Crippen LogP contribution in [0.2, 0.25) is 0 Å². The van der Waals surface area contributed by atoms with Gasteiger partial charge in [-0.2, -0.15) is 5.10 Å². The molecule has 2 aromatic heterocycles. The van der Waals surface area contributed by atoms with Crippen LogP contribution in [0, 0.1) is 6.92 Å². The van der Waals surface area contributed by atoms with E-state index in [2.05, 4.69) is 15.1 Å². The van der Waals surface area contributed by atoms with Gasteiger partial charge in [0.25, 0.3) is 5.56 Å². The third-order valence-corrected chi connectivity index (χ3v) is 3.54. The molecule has 1 aliphatic rings. The number of aromatic amines is 1. The van der Waals surface area contributed by atoms with Gasteiger partial charge in [-0.05, 0) is 26.2 Å². The summed E-state index contributed by atoms with van der Waals surface area (Å²) < 4.78 is 7.00. The van der Waals surface area contributed by atoms with E-state index in [1.54, 1.807) is 18.8 Å². The summed E-state index contributed by atoms with van der Waals surface area (Å²) in [7, 11) is 3.40. The maximum atomic E-state index is 12.1. The number of methoxy groups -OCH3 is 1. The van der Waals surface area contributed by atoms with Crippen molar-refractivity contribution < 1.29 is 4.74 Å². The van der Waals surface area contributed by atoms with Gasteiger partial charge in [-0.3, -0.25) is 4.79 Å². The van der Waals surface area contributed by atoms with Crippen LogP contribution >= 0.6 is 0 Å². The highest BCUT2D eigenvalue weighted by atomic mass is 16.5. The molecule has 0 unspecified atom stereocenters. The van der Waals surface area contributed by atoms with E-state index >= 15 is 0 Å². The number of fused-ring (bicyclic) bond motifs is 1. The molecule has 6 heteroatoms. The lowest BCUT2D eigenvalue weighted by molar-refractivity contribution is 0.374. The number of hydrogen-bond acceptors (Lipinski definition) is 4. The number of aryl methyl sites for hydroxylation is 3. The van der Waals surface area contributed by atoms with Crippen LogP contribution in [0.1, 0.15) is 23.4 Å². The Morgan fingerprint density at radius 1 is 1.37 bits per heavy atom.